The van der Waals surface area contributed by atoms with Gasteiger partial charge in [0.15, 0.2) is 0 Å². The van der Waals surface area contributed by atoms with Gasteiger partial charge >= 0.3 is 0 Å². The van der Waals surface area contributed by atoms with Crippen molar-refractivity contribution in [1.29, 1.82) is 0 Å². The maximum Gasteiger partial charge on any atom is 0.224 e. The van der Waals surface area contributed by atoms with Crippen LogP contribution < -0.4 is 5.32 Å². The molecule has 1 unspecified atom stereocenters. The molecule has 1 atom stereocenters. The molecule has 0 radical (unpaired) electrons. The van der Waals surface area contributed by atoms with Crippen LogP contribution in [-0.4, -0.2) is 30.9 Å². The van der Waals surface area contributed by atoms with E-state index in [9.17, 15) is 4.79 Å². The summed E-state index contributed by atoms with van der Waals surface area (Å²) in [6.45, 7) is 1.98. The Kier molecular flexibility index (Phi) is 4.62. The summed E-state index contributed by atoms with van der Waals surface area (Å²) >= 11 is 5.79. The number of hydrogen-bond donors (Lipinski definition) is 1. The molecular formula is C12H17ClN2O. The smallest absolute Gasteiger partial charge is 0.224 e. The lowest BCUT2D eigenvalue weighted by Gasteiger charge is -2.17. The van der Waals surface area contributed by atoms with Crippen LogP contribution in [-0.2, 0) is 4.79 Å². The predicted octanol–water partition coefficient (Wildman–Crippen LogP) is 2.62. The van der Waals surface area contributed by atoms with Crippen molar-refractivity contribution in [3.8, 4) is 0 Å². The van der Waals surface area contributed by atoms with Gasteiger partial charge in [-0.15, -0.1) is 0 Å². The van der Waals surface area contributed by atoms with Crippen LogP contribution in [0.1, 0.15) is 13.3 Å². The van der Waals surface area contributed by atoms with Crippen molar-refractivity contribution in [2.75, 3.05) is 19.4 Å². The van der Waals surface area contributed by atoms with Crippen molar-refractivity contribution >= 4 is 23.2 Å². The Hall–Kier alpha value is -1.22. The third-order valence-corrected chi connectivity index (χ3v) is 2.49. The predicted molar refractivity (Wildman–Crippen MR) is 67.8 cm³/mol. The molecule has 0 aliphatic carbocycles. The molecule has 3 nitrogen and oxygen atoms in total. The van der Waals surface area contributed by atoms with Crippen LogP contribution in [0.5, 0.6) is 0 Å². The molecule has 0 fully saturated rings. The van der Waals surface area contributed by atoms with Crippen molar-refractivity contribution in [2.45, 2.75) is 19.4 Å². The number of carbonyl (C=O) groups excluding carboxylic acids is 1. The van der Waals surface area contributed by atoms with Gasteiger partial charge in [-0.1, -0.05) is 11.6 Å². The number of hydrogen-bond acceptors (Lipinski definition) is 2. The van der Waals surface area contributed by atoms with Crippen molar-refractivity contribution < 1.29 is 4.79 Å². The first-order chi connectivity index (χ1) is 7.49. The van der Waals surface area contributed by atoms with Crippen LogP contribution in [0, 0.1) is 0 Å². The summed E-state index contributed by atoms with van der Waals surface area (Å²) in [7, 11) is 3.52. The molecule has 0 aliphatic rings. The van der Waals surface area contributed by atoms with Gasteiger partial charge in [-0.05, 0) is 31.2 Å². The molecule has 0 aliphatic heterocycles. The lowest BCUT2D eigenvalue weighted by atomic mass is 10.2. The minimum Gasteiger partial charge on any atom is -0.382 e. The van der Waals surface area contributed by atoms with E-state index in [1.54, 1.807) is 19.0 Å². The fraction of sp³-hybridized carbons (Fsp3) is 0.417. The van der Waals surface area contributed by atoms with E-state index < -0.39 is 0 Å². The van der Waals surface area contributed by atoms with E-state index in [1.807, 2.05) is 31.2 Å². The molecule has 0 bridgehead atoms. The second-order valence-corrected chi connectivity index (χ2v) is 4.48. The van der Waals surface area contributed by atoms with Gasteiger partial charge in [0.25, 0.3) is 0 Å². The summed E-state index contributed by atoms with van der Waals surface area (Å²) in [6.07, 6.45) is 0.482. The Labute approximate surface area is 101 Å². The summed E-state index contributed by atoms with van der Waals surface area (Å²) in [5, 5.41) is 3.96. The summed E-state index contributed by atoms with van der Waals surface area (Å²) in [5.74, 6) is 0.119. The van der Waals surface area contributed by atoms with Gasteiger partial charge < -0.3 is 10.2 Å². The van der Waals surface area contributed by atoms with Gasteiger partial charge in [-0.2, -0.15) is 0 Å². The average molecular weight is 241 g/mol. The zero-order chi connectivity index (χ0) is 12.1. The number of nitrogens with one attached hydrogen (secondary N) is 1. The first kappa shape index (κ1) is 12.8. The first-order valence-electron chi connectivity index (χ1n) is 5.21. The fourth-order valence-corrected chi connectivity index (χ4v) is 1.45. The highest BCUT2D eigenvalue weighted by Gasteiger charge is 2.10. The molecule has 0 heterocycles. The monoisotopic (exact) mass is 240 g/mol. The van der Waals surface area contributed by atoms with Crippen LogP contribution in [0.25, 0.3) is 0 Å². The van der Waals surface area contributed by atoms with Crippen molar-refractivity contribution in [2.24, 2.45) is 0 Å². The van der Waals surface area contributed by atoms with E-state index in [4.69, 9.17) is 11.6 Å². The highest BCUT2D eigenvalue weighted by atomic mass is 35.5. The maximum absolute atomic E-state index is 11.5. The van der Waals surface area contributed by atoms with E-state index in [0.29, 0.717) is 11.4 Å². The van der Waals surface area contributed by atoms with Crippen LogP contribution >= 0.6 is 11.6 Å². The SMILES string of the molecule is CC(CC(=O)N(C)C)Nc1ccc(Cl)cc1. The lowest BCUT2D eigenvalue weighted by molar-refractivity contribution is -0.128. The van der Waals surface area contributed by atoms with Crippen LogP contribution in [0.15, 0.2) is 24.3 Å². The molecule has 1 aromatic carbocycles. The van der Waals surface area contributed by atoms with Crippen molar-refractivity contribution in [3.05, 3.63) is 29.3 Å². The highest BCUT2D eigenvalue weighted by Crippen LogP contribution is 2.14. The molecule has 0 saturated carbocycles. The zero-order valence-electron chi connectivity index (χ0n) is 9.83. The summed E-state index contributed by atoms with van der Waals surface area (Å²) in [5.41, 5.74) is 0.975. The van der Waals surface area contributed by atoms with E-state index in [-0.39, 0.29) is 11.9 Å². The summed E-state index contributed by atoms with van der Waals surface area (Å²) < 4.78 is 0. The number of nitrogens with zero attached hydrogens (tertiary/aromatic N) is 1. The highest BCUT2D eigenvalue weighted by molar-refractivity contribution is 6.30. The number of anilines is 1. The topological polar surface area (TPSA) is 32.3 Å². The van der Waals surface area contributed by atoms with Crippen LogP contribution in [0.4, 0.5) is 5.69 Å². The van der Waals surface area contributed by atoms with E-state index in [0.717, 1.165) is 5.69 Å². The minimum atomic E-state index is 0.107. The molecule has 16 heavy (non-hydrogen) atoms. The summed E-state index contributed by atoms with van der Waals surface area (Å²) in [6, 6.07) is 7.56. The molecule has 1 amide bonds. The van der Waals surface area contributed by atoms with Crippen molar-refractivity contribution in [1.82, 2.24) is 4.90 Å². The van der Waals surface area contributed by atoms with E-state index >= 15 is 0 Å². The van der Waals surface area contributed by atoms with Gasteiger partial charge in [0.05, 0.1) is 0 Å². The van der Waals surface area contributed by atoms with Crippen LogP contribution in [0.3, 0.4) is 0 Å². The second-order valence-electron chi connectivity index (χ2n) is 4.04. The number of rotatable bonds is 4. The van der Waals surface area contributed by atoms with Gasteiger partial charge in [0, 0.05) is 37.3 Å². The molecule has 4 heteroatoms. The van der Waals surface area contributed by atoms with E-state index in [2.05, 4.69) is 5.32 Å². The minimum absolute atomic E-state index is 0.107. The van der Waals surface area contributed by atoms with Crippen molar-refractivity contribution in [3.63, 3.8) is 0 Å². The Bertz CT molecular complexity index is 349. The first-order valence-corrected chi connectivity index (χ1v) is 5.59. The Balaban J connectivity index is 2.48. The maximum atomic E-state index is 11.5. The molecular weight excluding hydrogens is 224 g/mol. The van der Waals surface area contributed by atoms with Gasteiger partial charge in [-0.3, -0.25) is 4.79 Å². The molecule has 1 N–H and O–H groups in total. The summed E-state index contributed by atoms with van der Waals surface area (Å²) in [4.78, 5) is 13.1. The molecule has 1 aromatic rings. The molecule has 0 saturated heterocycles. The third-order valence-electron chi connectivity index (χ3n) is 2.24. The lowest BCUT2D eigenvalue weighted by Crippen LogP contribution is -2.28. The molecule has 0 spiro atoms. The number of amides is 1. The largest absolute Gasteiger partial charge is 0.382 e. The Morgan fingerprint density at radius 2 is 1.94 bits per heavy atom. The number of benzene rings is 1. The van der Waals surface area contributed by atoms with Gasteiger partial charge in [0.2, 0.25) is 5.91 Å². The zero-order valence-corrected chi connectivity index (χ0v) is 10.6. The molecule has 1 rings (SSSR count). The van der Waals surface area contributed by atoms with Gasteiger partial charge in [0.1, 0.15) is 0 Å². The fourth-order valence-electron chi connectivity index (χ4n) is 1.33. The van der Waals surface area contributed by atoms with Gasteiger partial charge in [-0.25, -0.2) is 0 Å². The molecule has 0 aromatic heterocycles. The van der Waals surface area contributed by atoms with Crippen LogP contribution in [0.2, 0.25) is 5.02 Å². The normalized spacial score (nSPS) is 12.0. The quantitative estimate of drug-likeness (QED) is 0.878. The molecule has 88 valence electrons. The number of carbonyl (C=O) groups is 1. The Morgan fingerprint density at radius 1 is 1.38 bits per heavy atom. The standard InChI is InChI=1S/C12H17ClN2O/c1-9(8-12(16)15(2)3)14-11-6-4-10(13)5-7-11/h4-7,9,14H,8H2,1-3H3. The number of halogens is 1. The average Bonchev–Trinajstić information content (AvgIpc) is 2.21. The Morgan fingerprint density at radius 3 is 2.44 bits per heavy atom. The van der Waals surface area contributed by atoms with E-state index in [1.165, 1.54) is 0 Å². The second kappa shape index (κ2) is 5.75. The third kappa shape index (κ3) is 4.11.